The molecule has 1 aliphatic heterocycles. The Bertz CT molecular complexity index is 941. The Morgan fingerprint density at radius 3 is 2.70 bits per heavy atom. The normalized spacial score (nSPS) is 17.3. The number of hydrogen-bond donors (Lipinski definition) is 1. The van der Waals surface area contributed by atoms with E-state index >= 15 is 0 Å². The van der Waals surface area contributed by atoms with Crippen LogP contribution in [-0.4, -0.2) is 50.9 Å². The molecule has 0 aliphatic carbocycles. The first-order chi connectivity index (χ1) is 14.2. The molecule has 3 heterocycles. The molecule has 1 N–H and O–H groups in total. The Morgan fingerprint density at radius 1 is 1.33 bits per heavy atom. The molecule has 30 heavy (non-hydrogen) atoms. The van der Waals surface area contributed by atoms with Gasteiger partial charge in [0.15, 0.2) is 10.9 Å². The van der Waals surface area contributed by atoms with Crippen LogP contribution in [-0.2, 0) is 16.0 Å². The van der Waals surface area contributed by atoms with Gasteiger partial charge in [-0.3, -0.25) is 4.79 Å². The van der Waals surface area contributed by atoms with Crippen molar-refractivity contribution < 1.29 is 19.1 Å². The Labute approximate surface area is 181 Å². The van der Waals surface area contributed by atoms with Crippen molar-refractivity contribution in [1.82, 2.24) is 14.5 Å². The summed E-state index contributed by atoms with van der Waals surface area (Å²) in [5.74, 6) is -0.459. The van der Waals surface area contributed by atoms with E-state index in [9.17, 15) is 9.59 Å². The second kappa shape index (κ2) is 9.39. The molecule has 1 aliphatic rings. The maximum atomic E-state index is 13.2. The van der Waals surface area contributed by atoms with Crippen LogP contribution in [0.4, 0.5) is 0 Å². The van der Waals surface area contributed by atoms with Gasteiger partial charge in [0.1, 0.15) is 0 Å². The lowest BCUT2D eigenvalue weighted by molar-refractivity contribution is 0.0525. The van der Waals surface area contributed by atoms with Crippen molar-refractivity contribution in [3.8, 4) is 0 Å². The lowest BCUT2D eigenvalue weighted by Crippen LogP contribution is -2.19. The smallest absolute Gasteiger partial charge is 0.340 e. The molecule has 2 atom stereocenters. The van der Waals surface area contributed by atoms with Gasteiger partial charge < -0.3 is 19.0 Å². The minimum atomic E-state index is -0.401. The van der Waals surface area contributed by atoms with Crippen LogP contribution in [0.3, 0.4) is 0 Å². The Hall–Kier alpha value is -2.06. The molecule has 0 bridgehead atoms. The molecule has 1 fully saturated rings. The summed E-state index contributed by atoms with van der Waals surface area (Å²) in [4.78, 5) is 33.2. The Balaban J connectivity index is 1.81. The van der Waals surface area contributed by atoms with Gasteiger partial charge in [-0.1, -0.05) is 11.8 Å². The van der Waals surface area contributed by atoms with Crippen molar-refractivity contribution in [1.29, 1.82) is 0 Å². The summed E-state index contributed by atoms with van der Waals surface area (Å²) in [7, 11) is 0. The van der Waals surface area contributed by atoms with Crippen molar-refractivity contribution in [2.75, 3.05) is 13.2 Å². The topological polar surface area (TPSA) is 86.2 Å². The van der Waals surface area contributed by atoms with Gasteiger partial charge >= 0.3 is 5.97 Å². The second-order valence-corrected chi connectivity index (χ2v) is 9.09. The lowest BCUT2D eigenvalue weighted by Gasteiger charge is -2.16. The summed E-state index contributed by atoms with van der Waals surface area (Å²) < 4.78 is 13.1. The zero-order valence-electron chi connectivity index (χ0n) is 18.6. The van der Waals surface area contributed by atoms with Crippen LogP contribution < -0.4 is 0 Å². The summed E-state index contributed by atoms with van der Waals surface area (Å²) in [6.45, 7) is 13.1. The highest BCUT2D eigenvalue weighted by atomic mass is 32.2. The van der Waals surface area contributed by atoms with Gasteiger partial charge in [0.25, 0.3) is 0 Å². The first-order valence-corrected chi connectivity index (χ1v) is 11.3. The van der Waals surface area contributed by atoms with E-state index in [0.717, 1.165) is 42.5 Å². The fraction of sp³-hybridized carbons (Fsp3) is 0.591. The molecule has 164 valence electrons. The number of thioether (sulfide) groups is 1. The van der Waals surface area contributed by atoms with Crippen LogP contribution in [0.15, 0.2) is 5.16 Å². The quantitative estimate of drug-likeness (QED) is 0.382. The second-order valence-electron chi connectivity index (χ2n) is 7.78. The first-order valence-electron chi connectivity index (χ1n) is 10.5. The van der Waals surface area contributed by atoms with Gasteiger partial charge in [0.2, 0.25) is 0 Å². The highest BCUT2D eigenvalue weighted by Crippen LogP contribution is 2.30. The summed E-state index contributed by atoms with van der Waals surface area (Å²) in [6, 6.07) is 0. The Morgan fingerprint density at radius 2 is 2.07 bits per heavy atom. The maximum absolute atomic E-state index is 13.2. The number of H-pyrrole nitrogens is 1. The van der Waals surface area contributed by atoms with E-state index in [1.807, 2.05) is 13.8 Å². The van der Waals surface area contributed by atoms with E-state index in [0.29, 0.717) is 29.1 Å². The number of Topliss-reactive ketones (excluding diaryl/α,β-unsaturated/α-hetero) is 1. The highest BCUT2D eigenvalue weighted by Gasteiger charge is 2.28. The minimum Gasteiger partial charge on any atom is -0.462 e. The van der Waals surface area contributed by atoms with E-state index in [1.54, 1.807) is 20.8 Å². The number of hydrogen-bond acceptors (Lipinski definition) is 6. The standard InChI is InChI=1S/C22H31N3O4S/c1-7-28-21(27)18-12(2)19(23-14(18)4)20(26)16(6)30-22-24-13(3)15(5)25(22)11-17-9-8-10-29-17/h16-17,23H,7-11H2,1-6H3/t16-,17+/m1/s1. The van der Waals surface area contributed by atoms with Gasteiger partial charge in [-0.15, -0.1) is 0 Å². The van der Waals surface area contributed by atoms with Crippen molar-refractivity contribution >= 4 is 23.5 Å². The monoisotopic (exact) mass is 433 g/mol. The average molecular weight is 434 g/mol. The highest BCUT2D eigenvalue weighted by molar-refractivity contribution is 8.00. The van der Waals surface area contributed by atoms with Crippen LogP contribution in [0.25, 0.3) is 0 Å². The number of carbonyl (C=O) groups is 2. The fourth-order valence-electron chi connectivity index (χ4n) is 3.84. The molecule has 8 heteroatoms. The van der Waals surface area contributed by atoms with Crippen molar-refractivity contribution in [2.45, 2.75) is 77.4 Å². The van der Waals surface area contributed by atoms with Crippen LogP contribution in [0, 0.1) is 27.7 Å². The number of imidazole rings is 1. The first kappa shape index (κ1) is 22.6. The number of ether oxygens (including phenoxy) is 2. The van der Waals surface area contributed by atoms with Crippen molar-refractivity contribution in [3.63, 3.8) is 0 Å². The van der Waals surface area contributed by atoms with E-state index in [-0.39, 0.29) is 17.1 Å². The van der Waals surface area contributed by atoms with E-state index in [1.165, 1.54) is 11.8 Å². The van der Waals surface area contributed by atoms with Crippen molar-refractivity contribution in [3.05, 3.63) is 33.9 Å². The molecule has 0 aromatic carbocycles. The third-order valence-electron chi connectivity index (χ3n) is 5.65. The number of esters is 1. The van der Waals surface area contributed by atoms with Crippen LogP contribution >= 0.6 is 11.8 Å². The molecule has 0 unspecified atom stereocenters. The van der Waals surface area contributed by atoms with Gasteiger partial charge in [-0.2, -0.15) is 0 Å². The minimum absolute atomic E-state index is 0.0573. The third kappa shape index (κ3) is 4.49. The van der Waals surface area contributed by atoms with Gasteiger partial charge in [0.05, 0.1) is 41.5 Å². The predicted molar refractivity (Wildman–Crippen MR) is 117 cm³/mol. The fourth-order valence-corrected chi connectivity index (χ4v) is 4.91. The van der Waals surface area contributed by atoms with Crippen LogP contribution in [0.2, 0.25) is 0 Å². The third-order valence-corrected chi connectivity index (χ3v) is 6.74. The predicted octanol–water partition coefficient (Wildman–Crippen LogP) is 4.16. The summed E-state index contributed by atoms with van der Waals surface area (Å²) in [5, 5.41) is 0.467. The number of rotatable bonds is 8. The molecule has 0 amide bonds. The Kier molecular flexibility index (Phi) is 7.08. The summed E-state index contributed by atoms with van der Waals surface area (Å²) in [5.41, 5.74) is 4.26. The number of nitrogens with zero attached hydrogens (tertiary/aromatic N) is 2. The van der Waals surface area contributed by atoms with Crippen molar-refractivity contribution in [2.24, 2.45) is 0 Å². The molecule has 2 aromatic rings. The molecule has 1 saturated heterocycles. The SMILES string of the molecule is CCOC(=O)c1c(C)[nH]c(C(=O)[C@@H](C)Sc2nc(C)c(C)n2C[C@@H]2CCCO2)c1C. The number of aromatic nitrogens is 3. The van der Waals surface area contributed by atoms with Gasteiger partial charge in [-0.25, -0.2) is 9.78 Å². The zero-order valence-corrected chi connectivity index (χ0v) is 19.4. The number of aromatic amines is 1. The largest absolute Gasteiger partial charge is 0.462 e. The van der Waals surface area contributed by atoms with E-state index in [4.69, 9.17) is 14.5 Å². The van der Waals surface area contributed by atoms with Crippen LogP contribution in [0.1, 0.15) is 70.2 Å². The number of carbonyl (C=O) groups excluding carboxylic acids is 2. The molecule has 2 aromatic heterocycles. The summed E-state index contributed by atoms with van der Waals surface area (Å²) >= 11 is 1.44. The van der Waals surface area contributed by atoms with Crippen LogP contribution in [0.5, 0.6) is 0 Å². The zero-order chi connectivity index (χ0) is 22.0. The molecular formula is C22H31N3O4S. The number of aryl methyl sites for hydroxylation is 2. The number of nitrogens with one attached hydrogen (secondary N) is 1. The molecule has 0 spiro atoms. The molecule has 0 radical (unpaired) electrons. The lowest BCUT2D eigenvalue weighted by atomic mass is 10.1. The maximum Gasteiger partial charge on any atom is 0.340 e. The number of ketones is 1. The molecular weight excluding hydrogens is 402 g/mol. The molecule has 7 nitrogen and oxygen atoms in total. The molecule has 0 saturated carbocycles. The van der Waals surface area contributed by atoms with E-state index < -0.39 is 5.97 Å². The summed E-state index contributed by atoms with van der Waals surface area (Å²) in [6.07, 6.45) is 2.33. The molecule has 3 rings (SSSR count). The van der Waals surface area contributed by atoms with E-state index in [2.05, 4.69) is 16.5 Å². The average Bonchev–Trinajstić information content (AvgIpc) is 3.37. The van der Waals surface area contributed by atoms with Gasteiger partial charge in [0, 0.05) is 18.0 Å². The van der Waals surface area contributed by atoms with Gasteiger partial charge in [-0.05, 0) is 59.9 Å².